The molecule has 1 atom stereocenters. The molecule has 0 aliphatic carbocycles. The summed E-state index contributed by atoms with van der Waals surface area (Å²) >= 11 is 7.47. The smallest absolute Gasteiger partial charge is 0.177 e. The van der Waals surface area contributed by atoms with Crippen LogP contribution in [0.3, 0.4) is 0 Å². The molecular formula is C10H11BrO2S. The van der Waals surface area contributed by atoms with Crippen molar-refractivity contribution in [1.29, 1.82) is 0 Å². The van der Waals surface area contributed by atoms with Gasteiger partial charge in [-0.05, 0) is 25.1 Å². The summed E-state index contributed by atoms with van der Waals surface area (Å²) in [4.78, 5) is 12.1. The molecule has 4 heteroatoms. The first kappa shape index (κ1) is 11.6. The molecular weight excluding hydrogens is 264 g/mol. The topological polar surface area (TPSA) is 26.3 Å². The maximum Gasteiger partial charge on any atom is 0.177 e. The lowest BCUT2D eigenvalue weighted by atomic mass is 10.1. The van der Waals surface area contributed by atoms with Gasteiger partial charge >= 0.3 is 0 Å². The first-order chi connectivity index (χ1) is 6.56. The van der Waals surface area contributed by atoms with Crippen LogP contribution in [0.15, 0.2) is 23.1 Å². The number of thiol groups is 1. The van der Waals surface area contributed by atoms with E-state index >= 15 is 0 Å². The Bertz CT molecular complexity index is 350. The van der Waals surface area contributed by atoms with Crippen LogP contribution in [0.5, 0.6) is 5.75 Å². The number of carbonyl (C=O) groups is 1. The molecule has 1 rings (SSSR count). The van der Waals surface area contributed by atoms with E-state index in [-0.39, 0.29) is 10.6 Å². The van der Waals surface area contributed by atoms with Gasteiger partial charge in [-0.1, -0.05) is 15.9 Å². The summed E-state index contributed by atoms with van der Waals surface area (Å²) < 4.78 is 5.02. The normalized spacial score (nSPS) is 12.3. The molecule has 0 N–H and O–H groups in total. The van der Waals surface area contributed by atoms with E-state index < -0.39 is 0 Å². The van der Waals surface area contributed by atoms with Gasteiger partial charge in [0.2, 0.25) is 0 Å². The molecule has 2 nitrogen and oxygen atoms in total. The Kier molecular flexibility index (Phi) is 4.01. The zero-order valence-corrected chi connectivity index (χ0v) is 10.4. The van der Waals surface area contributed by atoms with Crippen LogP contribution >= 0.6 is 28.6 Å². The quantitative estimate of drug-likeness (QED) is 0.521. The van der Waals surface area contributed by atoms with Gasteiger partial charge in [0.15, 0.2) is 5.78 Å². The number of hydrogen-bond donors (Lipinski definition) is 1. The fourth-order valence-corrected chi connectivity index (χ4v) is 1.62. The summed E-state index contributed by atoms with van der Waals surface area (Å²) in [6, 6.07) is 5.20. The average molecular weight is 275 g/mol. The Labute approximate surface area is 97.2 Å². The largest absolute Gasteiger partial charge is 0.497 e. The fraction of sp³-hybridized carbons (Fsp3) is 0.300. The monoisotopic (exact) mass is 274 g/mol. The second kappa shape index (κ2) is 4.84. The number of hydrogen-bond acceptors (Lipinski definition) is 3. The van der Waals surface area contributed by atoms with Gasteiger partial charge in [0.05, 0.1) is 11.9 Å². The van der Waals surface area contributed by atoms with Crippen molar-refractivity contribution in [3.8, 4) is 5.75 Å². The van der Waals surface area contributed by atoms with Crippen LogP contribution in [-0.2, 0) is 0 Å². The SMILES string of the molecule is COc1ccc(C(=O)C(C)Br)c(S)c1. The molecule has 0 radical (unpaired) electrons. The fourth-order valence-electron chi connectivity index (χ4n) is 1.06. The number of methoxy groups -OCH3 is 1. The minimum Gasteiger partial charge on any atom is -0.497 e. The summed E-state index contributed by atoms with van der Waals surface area (Å²) in [7, 11) is 1.58. The maximum atomic E-state index is 11.6. The van der Waals surface area contributed by atoms with E-state index in [1.54, 1.807) is 32.2 Å². The highest BCUT2D eigenvalue weighted by Crippen LogP contribution is 2.23. The van der Waals surface area contributed by atoms with Crippen LogP contribution in [0.4, 0.5) is 0 Å². The molecule has 1 aromatic rings. The minimum atomic E-state index is -0.193. The molecule has 14 heavy (non-hydrogen) atoms. The molecule has 0 saturated carbocycles. The van der Waals surface area contributed by atoms with Crippen molar-refractivity contribution >= 4 is 34.3 Å². The second-order valence-electron chi connectivity index (χ2n) is 2.86. The molecule has 0 aliphatic rings. The van der Waals surface area contributed by atoms with Gasteiger partial charge in [-0.25, -0.2) is 0 Å². The third kappa shape index (κ3) is 2.51. The number of alkyl halides is 1. The highest BCUT2D eigenvalue weighted by molar-refractivity contribution is 9.10. The number of halogens is 1. The van der Waals surface area contributed by atoms with Crippen LogP contribution in [0, 0.1) is 0 Å². The van der Waals surface area contributed by atoms with Gasteiger partial charge in [-0.15, -0.1) is 12.6 Å². The first-order valence-electron chi connectivity index (χ1n) is 4.11. The zero-order valence-electron chi connectivity index (χ0n) is 7.95. The van der Waals surface area contributed by atoms with Gasteiger partial charge in [0, 0.05) is 10.5 Å². The predicted octanol–water partition coefficient (Wildman–Crippen LogP) is 2.95. The predicted molar refractivity (Wildman–Crippen MR) is 63.0 cm³/mol. The summed E-state index contributed by atoms with van der Waals surface area (Å²) in [5.74, 6) is 0.728. The van der Waals surface area contributed by atoms with E-state index in [9.17, 15) is 4.79 Å². The van der Waals surface area contributed by atoms with Gasteiger partial charge < -0.3 is 4.74 Å². The molecule has 1 unspecified atom stereocenters. The molecule has 0 bridgehead atoms. The third-order valence-corrected chi connectivity index (χ3v) is 2.62. The maximum absolute atomic E-state index is 11.6. The number of benzene rings is 1. The lowest BCUT2D eigenvalue weighted by Gasteiger charge is -2.07. The van der Waals surface area contributed by atoms with Crippen molar-refractivity contribution in [2.24, 2.45) is 0 Å². The highest BCUT2D eigenvalue weighted by atomic mass is 79.9. The zero-order chi connectivity index (χ0) is 10.7. The third-order valence-electron chi connectivity index (χ3n) is 1.83. The van der Waals surface area contributed by atoms with Crippen LogP contribution in [0.25, 0.3) is 0 Å². The summed E-state index contributed by atoms with van der Waals surface area (Å²) in [6.45, 7) is 1.79. The van der Waals surface area contributed by atoms with E-state index in [1.807, 2.05) is 0 Å². The molecule has 0 aromatic heterocycles. The van der Waals surface area contributed by atoms with Gasteiger partial charge in [-0.2, -0.15) is 0 Å². The Hall–Kier alpha value is -0.480. The lowest BCUT2D eigenvalue weighted by Crippen LogP contribution is -2.10. The van der Waals surface area contributed by atoms with Gasteiger partial charge in [0.1, 0.15) is 5.75 Å². The van der Waals surface area contributed by atoms with E-state index in [0.717, 1.165) is 0 Å². The van der Waals surface area contributed by atoms with E-state index in [4.69, 9.17) is 4.74 Å². The van der Waals surface area contributed by atoms with Crippen LogP contribution < -0.4 is 4.74 Å². The average Bonchev–Trinajstić information content (AvgIpc) is 2.16. The van der Waals surface area contributed by atoms with Crippen molar-refractivity contribution in [2.45, 2.75) is 16.6 Å². The van der Waals surface area contributed by atoms with Crippen molar-refractivity contribution in [3.63, 3.8) is 0 Å². The summed E-state index contributed by atoms with van der Waals surface area (Å²) in [5.41, 5.74) is 0.610. The number of ether oxygens (including phenoxy) is 1. The molecule has 0 fully saturated rings. The molecule has 76 valence electrons. The summed E-state index contributed by atoms with van der Waals surface area (Å²) in [6.07, 6.45) is 0. The van der Waals surface area contributed by atoms with Crippen molar-refractivity contribution in [2.75, 3.05) is 7.11 Å². The lowest BCUT2D eigenvalue weighted by molar-refractivity contribution is 0.0993. The van der Waals surface area contributed by atoms with Crippen LogP contribution in [0.1, 0.15) is 17.3 Å². The van der Waals surface area contributed by atoms with Crippen LogP contribution in [0.2, 0.25) is 0 Å². The van der Waals surface area contributed by atoms with Gasteiger partial charge in [0.25, 0.3) is 0 Å². The number of ketones is 1. The van der Waals surface area contributed by atoms with Crippen LogP contribution in [-0.4, -0.2) is 17.7 Å². The molecule has 1 aromatic carbocycles. The Morgan fingerprint density at radius 2 is 2.21 bits per heavy atom. The standard InChI is InChI=1S/C10H11BrO2S/c1-6(11)10(12)8-4-3-7(13-2)5-9(8)14/h3-6,14H,1-2H3. The van der Waals surface area contributed by atoms with Crippen molar-refractivity contribution < 1.29 is 9.53 Å². The molecule has 0 heterocycles. The highest BCUT2D eigenvalue weighted by Gasteiger charge is 2.14. The second-order valence-corrected chi connectivity index (χ2v) is 4.72. The number of rotatable bonds is 3. The Morgan fingerprint density at radius 1 is 1.57 bits per heavy atom. The number of Topliss-reactive ketones (excluding diaryl/α,β-unsaturated/α-hetero) is 1. The van der Waals surface area contributed by atoms with Crippen molar-refractivity contribution in [3.05, 3.63) is 23.8 Å². The molecule has 0 spiro atoms. The molecule has 0 amide bonds. The minimum absolute atomic E-state index is 0.0256. The Morgan fingerprint density at radius 3 is 2.64 bits per heavy atom. The van der Waals surface area contributed by atoms with Crippen molar-refractivity contribution in [1.82, 2.24) is 0 Å². The first-order valence-corrected chi connectivity index (χ1v) is 5.48. The number of carbonyl (C=O) groups excluding carboxylic acids is 1. The van der Waals surface area contributed by atoms with Gasteiger partial charge in [-0.3, -0.25) is 4.79 Å². The Balaban J connectivity index is 3.06. The summed E-state index contributed by atoms with van der Waals surface area (Å²) in [5, 5.41) is 0. The van der Waals surface area contributed by atoms with E-state index in [2.05, 4.69) is 28.6 Å². The molecule has 0 saturated heterocycles. The van der Waals surface area contributed by atoms with E-state index in [1.165, 1.54) is 0 Å². The molecule has 0 aliphatic heterocycles. The van der Waals surface area contributed by atoms with E-state index in [0.29, 0.717) is 16.2 Å².